The van der Waals surface area contributed by atoms with Crippen molar-refractivity contribution in [3.8, 4) is 0 Å². The summed E-state index contributed by atoms with van der Waals surface area (Å²) in [6.45, 7) is 15.0. The minimum atomic E-state index is -0.935. The van der Waals surface area contributed by atoms with Crippen LogP contribution >= 0.6 is 0 Å². The summed E-state index contributed by atoms with van der Waals surface area (Å²) in [6, 6.07) is 0. The fourth-order valence-corrected chi connectivity index (χ4v) is 0.432. The Kier molecular flexibility index (Phi) is 23.2. The van der Waals surface area contributed by atoms with Crippen LogP contribution in [0.2, 0.25) is 0 Å². The largest absolute Gasteiger partial charge is 0.478 e. The number of carbonyl (C=O) groups is 3. The van der Waals surface area contributed by atoms with Crippen LogP contribution in [0.5, 0.6) is 0 Å². The van der Waals surface area contributed by atoms with Crippen molar-refractivity contribution in [1.29, 1.82) is 0 Å². The second-order valence-electron chi connectivity index (χ2n) is 5.11. The first kappa shape index (κ1) is 32.0. The number of aliphatic hydroxyl groups is 3. The average Bonchev–Trinajstić information content (AvgIpc) is 2.57. The Bertz CT molecular complexity index is 458. The van der Waals surface area contributed by atoms with E-state index in [0.29, 0.717) is 11.1 Å². The van der Waals surface area contributed by atoms with Crippen LogP contribution in [0.4, 0.5) is 0 Å². The van der Waals surface area contributed by atoms with Crippen LogP contribution < -0.4 is 0 Å². The molecule has 0 aliphatic rings. The van der Waals surface area contributed by atoms with Crippen LogP contribution in [0, 0.1) is 0 Å². The highest BCUT2D eigenvalue weighted by Crippen LogP contribution is 1.99. The van der Waals surface area contributed by atoms with E-state index in [1.165, 1.54) is 20.8 Å². The van der Waals surface area contributed by atoms with Gasteiger partial charge >= 0.3 is 17.9 Å². The van der Waals surface area contributed by atoms with Gasteiger partial charge in [-0.2, -0.15) is 0 Å². The Balaban J connectivity index is -0.000000133. The van der Waals surface area contributed by atoms with E-state index >= 15 is 0 Å². The molecule has 0 rings (SSSR count). The molecule has 0 atom stereocenters. The van der Waals surface area contributed by atoms with Gasteiger partial charge in [-0.15, -0.1) is 0 Å². The number of hydrogen-bond donors (Lipinski definition) is 6. The minimum Gasteiger partial charge on any atom is -0.478 e. The Labute approximate surface area is 158 Å². The molecule has 0 radical (unpaired) electrons. The lowest BCUT2D eigenvalue weighted by Crippen LogP contribution is -2.02. The molecule has 27 heavy (non-hydrogen) atoms. The molecule has 156 valence electrons. The fraction of sp³-hybridized carbons (Fsp3) is 0.389. The smallest absolute Gasteiger partial charge is 0.330 e. The van der Waals surface area contributed by atoms with Crippen molar-refractivity contribution in [3.63, 3.8) is 0 Å². The van der Waals surface area contributed by atoms with Gasteiger partial charge < -0.3 is 30.6 Å². The Morgan fingerprint density at radius 2 is 0.778 bits per heavy atom. The minimum absolute atomic E-state index is 0.101. The number of hydrogen-bond acceptors (Lipinski definition) is 6. The van der Waals surface area contributed by atoms with Gasteiger partial charge in [0.05, 0.1) is 19.8 Å². The van der Waals surface area contributed by atoms with Crippen molar-refractivity contribution in [2.75, 3.05) is 19.8 Å². The molecule has 0 aromatic heterocycles. The molecule has 0 fully saturated rings. The molecule has 0 unspecified atom stereocenters. The topological polar surface area (TPSA) is 173 Å². The number of aliphatic carboxylic acids is 3. The zero-order chi connectivity index (χ0) is 22.7. The second-order valence-corrected chi connectivity index (χ2v) is 5.11. The van der Waals surface area contributed by atoms with E-state index in [2.05, 4.69) is 19.7 Å². The van der Waals surface area contributed by atoms with E-state index < -0.39 is 17.9 Å². The van der Waals surface area contributed by atoms with Crippen LogP contribution in [0.3, 0.4) is 0 Å². The molecule has 0 amide bonds. The molecule has 6 N–H and O–H groups in total. The number of carboxylic acids is 3. The number of rotatable bonds is 6. The molecule has 0 saturated carbocycles. The van der Waals surface area contributed by atoms with Crippen molar-refractivity contribution in [2.45, 2.75) is 27.7 Å². The molecule has 0 aliphatic carbocycles. The molecule has 0 aliphatic heterocycles. The van der Waals surface area contributed by atoms with Gasteiger partial charge in [-0.25, -0.2) is 14.4 Å². The maximum Gasteiger partial charge on any atom is 0.330 e. The summed E-state index contributed by atoms with van der Waals surface area (Å²) >= 11 is 0. The molecule has 0 aromatic carbocycles. The maximum atomic E-state index is 9.60. The third kappa shape index (κ3) is 28.3. The van der Waals surface area contributed by atoms with Gasteiger partial charge in [0.1, 0.15) is 0 Å². The van der Waals surface area contributed by atoms with Crippen molar-refractivity contribution in [3.05, 3.63) is 47.6 Å². The second kappa shape index (κ2) is 19.6. The SMILES string of the molecule is C=C(C)C(=O)O.C=C(C)C(=O)O.C=C(C)C(=O)O.CC(CO)=C(CO)CO. The van der Waals surface area contributed by atoms with Gasteiger partial charge in [0, 0.05) is 16.7 Å². The van der Waals surface area contributed by atoms with E-state index in [1.54, 1.807) is 6.92 Å². The quantitative estimate of drug-likeness (QED) is 0.288. The Morgan fingerprint density at radius 3 is 0.815 bits per heavy atom. The van der Waals surface area contributed by atoms with Gasteiger partial charge in [0.25, 0.3) is 0 Å². The van der Waals surface area contributed by atoms with Crippen molar-refractivity contribution in [1.82, 2.24) is 0 Å². The average molecular weight is 390 g/mol. The van der Waals surface area contributed by atoms with Gasteiger partial charge in [0.15, 0.2) is 0 Å². The van der Waals surface area contributed by atoms with E-state index in [1.807, 2.05) is 0 Å². The highest BCUT2D eigenvalue weighted by molar-refractivity contribution is 5.85. The summed E-state index contributed by atoms with van der Waals surface area (Å²) in [7, 11) is 0. The van der Waals surface area contributed by atoms with Crippen LogP contribution in [-0.2, 0) is 14.4 Å². The zero-order valence-electron chi connectivity index (χ0n) is 16.2. The lowest BCUT2D eigenvalue weighted by atomic mass is 10.1. The standard InChI is InChI=1S/C6H12O3.3C4H6O2/c1-5(2-7)6(3-8)4-9;3*1-3(2)4(5)6/h7-9H,2-4H2,1H3;3*1H2,2H3,(H,5,6). The summed E-state index contributed by atoms with van der Waals surface area (Å²) in [5, 5.41) is 49.2. The lowest BCUT2D eigenvalue weighted by Gasteiger charge is -2.02. The summed E-state index contributed by atoms with van der Waals surface area (Å²) in [5.74, 6) is -2.81. The van der Waals surface area contributed by atoms with Crippen LogP contribution in [0.1, 0.15) is 27.7 Å². The number of aliphatic hydroxyl groups excluding tert-OH is 3. The molecule has 0 saturated heterocycles. The van der Waals surface area contributed by atoms with Gasteiger partial charge in [0.2, 0.25) is 0 Å². The molecule has 9 nitrogen and oxygen atoms in total. The van der Waals surface area contributed by atoms with Gasteiger partial charge in [-0.1, -0.05) is 19.7 Å². The van der Waals surface area contributed by atoms with Crippen molar-refractivity contribution < 1.29 is 45.0 Å². The van der Waals surface area contributed by atoms with Crippen LogP contribution in [0.15, 0.2) is 47.6 Å². The lowest BCUT2D eigenvalue weighted by molar-refractivity contribution is -0.133. The first-order valence-corrected chi connectivity index (χ1v) is 7.35. The molecular weight excluding hydrogens is 360 g/mol. The van der Waals surface area contributed by atoms with Crippen LogP contribution in [0.25, 0.3) is 0 Å². The third-order valence-corrected chi connectivity index (χ3v) is 2.32. The first-order chi connectivity index (χ1) is 12.2. The predicted molar refractivity (Wildman–Crippen MR) is 101 cm³/mol. The first-order valence-electron chi connectivity index (χ1n) is 7.35. The maximum absolute atomic E-state index is 9.60. The van der Waals surface area contributed by atoms with Gasteiger partial charge in [-0.05, 0) is 38.8 Å². The summed E-state index contributed by atoms with van der Waals surface area (Å²) in [6.07, 6.45) is 0. The third-order valence-electron chi connectivity index (χ3n) is 2.32. The molecule has 0 aromatic rings. The number of carboxylic acid groups (broad SMARTS) is 3. The monoisotopic (exact) mass is 390 g/mol. The highest BCUT2D eigenvalue weighted by Gasteiger charge is 1.96. The van der Waals surface area contributed by atoms with E-state index in [-0.39, 0.29) is 36.5 Å². The molecular formula is C18H30O9. The molecule has 0 spiro atoms. The molecule has 0 bridgehead atoms. The van der Waals surface area contributed by atoms with E-state index in [9.17, 15) is 14.4 Å². The fourth-order valence-electron chi connectivity index (χ4n) is 0.432. The van der Waals surface area contributed by atoms with E-state index in [0.717, 1.165) is 0 Å². The van der Waals surface area contributed by atoms with E-state index in [4.69, 9.17) is 30.6 Å². The summed E-state index contributed by atoms with van der Waals surface area (Å²) in [5.41, 5.74) is 1.66. The highest BCUT2D eigenvalue weighted by atomic mass is 16.4. The van der Waals surface area contributed by atoms with Crippen LogP contribution in [-0.4, -0.2) is 68.4 Å². The molecule has 9 heteroatoms. The summed E-state index contributed by atoms with van der Waals surface area (Å²) < 4.78 is 0. The van der Waals surface area contributed by atoms with Crippen molar-refractivity contribution in [2.24, 2.45) is 0 Å². The van der Waals surface area contributed by atoms with Gasteiger partial charge in [-0.3, -0.25) is 0 Å². The van der Waals surface area contributed by atoms with Crippen molar-refractivity contribution >= 4 is 17.9 Å². The predicted octanol–water partition coefficient (Wildman–Crippen LogP) is 1.22. The Hall–Kier alpha value is -2.75. The normalized spacial score (nSPS) is 8.11. The molecule has 0 heterocycles. The zero-order valence-corrected chi connectivity index (χ0v) is 16.2. The summed E-state index contributed by atoms with van der Waals surface area (Å²) in [4.78, 5) is 28.8. The Morgan fingerprint density at radius 1 is 0.593 bits per heavy atom.